The molecule has 1 aromatic rings. The summed E-state index contributed by atoms with van der Waals surface area (Å²) in [7, 11) is 0. The van der Waals surface area contributed by atoms with Gasteiger partial charge in [-0.15, -0.1) is 11.3 Å². The normalized spacial score (nSPS) is 22.4. The van der Waals surface area contributed by atoms with Crippen LogP contribution in [-0.2, 0) is 6.42 Å². The summed E-state index contributed by atoms with van der Waals surface area (Å²) in [5.74, 6) is 0. The lowest BCUT2D eigenvalue weighted by molar-refractivity contribution is 0.160. The highest BCUT2D eigenvalue weighted by Gasteiger charge is 2.23. The van der Waals surface area contributed by atoms with Crippen LogP contribution < -0.4 is 0 Å². The highest BCUT2D eigenvalue weighted by molar-refractivity contribution is 7.09. The Kier molecular flexibility index (Phi) is 3.72. The van der Waals surface area contributed by atoms with Crippen LogP contribution in [0.15, 0.2) is 5.51 Å². The molecule has 1 aliphatic heterocycles. The van der Waals surface area contributed by atoms with Crippen molar-refractivity contribution in [2.45, 2.75) is 32.2 Å². The van der Waals surface area contributed by atoms with Crippen LogP contribution in [0.1, 0.15) is 23.4 Å². The molecule has 1 fully saturated rings. The van der Waals surface area contributed by atoms with Crippen molar-refractivity contribution in [2.75, 3.05) is 19.7 Å². The van der Waals surface area contributed by atoms with Gasteiger partial charge in [0.25, 0.3) is 0 Å². The third-order valence-electron chi connectivity index (χ3n) is 3.18. The molecule has 84 valence electrons. The average molecular weight is 226 g/mol. The Morgan fingerprint density at radius 1 is 1.67 bits per heavy atom. The molecule has 0 spiro atoms. The first-order valence-corrected chi connectivity index (χ1v) is 6.43. The molecule has 2 heterocycles. The van der Waals surface area contributed by atoms with Crippen LogP contribution in [0.4, 0.5) is 0 Å². The molecule has 0 bridgehead atoms. The van der Waals surface area contributed by atoms with Crippen molar-refractivity contribution >= 4 is 11.3 Å². The van der Waals surface area contributed by atoms with E-state index < -0.39 is 0 Å². The second-order valence-corrected chi connectivity index (χ2v) is 5.06. The summed E-state index contributed by atoms with van der Waals surface area (Å²) in [6.45, 7) is 4.58. The molecule has 0 aromatic carbocycles. The van der Waals surface area contributed by atoms with Crippen LogP contribution in [0, 0.1) is 6.92 Å². The van der Waals surface area contributed by atoms with E-state index >= 15 is 0 Å². The lowest BCUT2D eigenvalue weighted by Gasteiger charge is -2.22. The lowest BCUT2D eigenvalue weighted by Crippen LogP contribution is -2.33. The summed E-state index contributed by atoms with van der Waals surface area (Å²) in [5, 5.41) is 9.20. The zero-order valence-electron chi connectivity index (χ0n) is 9.15. The van der Waals surface area contributed by atoms with Crippen molar-refractivity contribution in [3.63, 3.8) is 0 Å². The maximum atomic E-state index is 9.20. The predicted octanol–water partition coefficient (Wildman–Crippen LogP) is 1.45. The van der Waals surface area contributed by atoms with Crippen molar-refractivity contribution in [3.8, 4) is 0 Å². The van der Waals surface area contributed by atoms with Gasteiger partial charge in [0.05, 0.1) is 17.8 Å². The SMILES string of the molecule is Cc1ncsc1CCN1CCC[C@H]1CO. The van der Waals surface area contributed by atoms with Crippen molar-refractivity contribution in [1.82, 2.24) is 9.88 Å². The number of nitrogens with zero attached hydrogens (tertiary/aromatic N) is 2. The number of aromatic nitrogens is 1. The summed E-state index contributed by atoms with van der Waals surface area (Å²) in [5.41, 5.74) is 3.08. The molecule has 1 atom stereocenters. The number of aryl methyl sites for hydroxylation is 1. The number of thiazole rings is 1. The summed E-state index contributed by atoms with van der Waals surface area (Å²) >= 11 is 1.74. The molecule has 15 heavy (non-hydrogen) atoms. The second kappa shape index (κ2) is 5.05. The molecule has 0 aliphatic carbocycles. The van der Waals surface area contributed by atoms with E-state index in [-0.39, 0.29) is 0 Å². The van der Waals surface area contributed by atoms with E-state index in [1.165, 1.54) is 17.0 Å². The van der Waals surface area contributed by atoms with Crippen molar-refractivity contribution in [1.29, 1.82) is 0 Å². The monoisotopic (exact) mass is 226 g/mol. The van der Waals surface area contributed by atoms with E-state index in [1.807, 2.05) is 5.51 Å². The standard InChI is InChI=1S/C11H18N2OS/c1-9-11(15-8-12-9)4-6-13-5-2-3-10(13)7-14/h8,10,14H,2-7H2,1H3/t10-/m0/s1. The average Bonchev–Trinajstić information content (AvgIpc) is 2.83. The van der Waals surface area contributed by atoms with E-state index in [2.05, 4.69) is 16.8 Å². The number of hydrogen-bond acceptors (Lipinski definition) is 4. The zero-order chi connectivity index (χ0) is 10.7. The number of rotatable bonds is 4. The van der Waals surface area contributed by atoms with Gasteiger partial charge in [-0.3, -0.25) is 4.90 Å². The number of aliphatic hydroxyl groups is 1. The fourth-order valence-corrected chi connectivity index (χ4v) is 2.98. The third kappa shape index (κ3) is 2.56. The molecule has 1 saturated heterocycles. The van der Waals surface area contributed by atoms with Gasteiger partial charge in [-0.05, 0) is 32.7 Å². The van der Waals surface area contributed by atoms with Gasteiger partial charge >= 0.3 is 0 Å². The van der Waals surface area contributed by atoms with E-state index in [0.29, 0.717) is 12.6 Å². The molecular formula is C11H18N2OS. The van der Waals surface area contributed by atoms with Crippen LogP contribution in [0.5, 0.6) is 0 Å². The van der Waals surface area contributed by atoms with Gasteiger partial charge in [-0.2, -0.15) is 0 Å². The highest BCUT2D eigenvalue weighted by Crippen LogP contribution is 2.19. The largest absolute Gasteiger partial charge is 0.395 e. The van der Waals surface area contributed by atoms with Crippen molar-refractivity contribution in [3.05, 3.63) is 16.1 Å². The molecule has 3 nitrogen and oxygen atoms in total. The maximum Gasteiger partial charge on any atom is 0.0797 e. The molecule has 0 unspecified atom stereocenters. The van der Waals surface area contributed by atoms with Gasteiger partial charge in [-0.1, -0.05) is 0 Å². The van der Waals surface area contributed by atoms with Gasteiger partial charge in [-0.25, -0.2) is 4.98 Å². The first-order valence-electron chi connectivity index (χ1n) is 5.55. The summed E-state index contributed by atoms with van der Waals surface area (Å²) in [6, 6.07) is 0.401. The third-order valence-corrected chi connectivity index (χ3v) is 4.18. The highest BCUT2D eigenvalue weighted by atomic mass is 32.1. The molecule has 2 rings (SSSR count). The van der Waals surface area contributed by atoms with Crippen LogP contribution >= 0.6 is 11.3 Å². The van der Waals surface area contributed by atoms with Crippen molar-refractivity contribution < 1.29 is 5.11 Å². The lowest BCUT2D eigenvalue weighted by atomic mass is 10.2. The van der Waals surface area contributed by atoms with Gasteiger partial charge in [0, 0.05) is 17.5 Å². The number of hydrogen-bond donors (Lipinski definition) is 1. The van der Waals surface area contributed by atoms with Crippen molar-refractivity contribution in [2.24, 2.45) is 0 Å². The minimum atomic E-state index is 0.307. The second-order valence-electron chi connectivity index (χ2n) is 4.13. The Morgan fingerprint density at radius 3 is 3.20 bits per heavy atom. The summed E-state index contributed by atoms with van der Waals surface area (Å²) in [4.78, 5) is 8.04. The first-order chi connectivity index (χ1) is 7.31. The molecule has 0 radical (unpaired) electrons. The predicted molar refractivity (Wildman–Crippen MR) is 62.2 cm³/mol. The first kappa shape index (κ1) is 11.0. The van der Waals surface area contributed by atoms with Gasteiger partial charge in [0.1, 0.15) is 0 Å². The molecule has 0 amide bonds. The molecule has 1 aromatic heterocycles. The molecule has 4 heteroatoms. The smallest absolute Gasteiger partial charge is 0.0797 e. The van der Waals surface area contributed by atoms with Crippen LogP contribution in [0.25, 0.3) is 0 Å². The maximum absolute atomic E-state index is 9.20. The Morgan fingerprint density at radius 2 is 2.53 bits per heavy atom. The number of aliphatic hydroxyl groups excluding tert-OH is 1. The van der Waals surface area contributed by atoms with Crippen LogP contribution in [-0.4, -0.2) is 40.7 Å². The Labute approximate surface area is 94.8 Å². The minimum Gasteiger partial charge on any atom is -0.395 e. The quantitative estimate of drug-likeness (QED) is 0.844. The molecular weight excluding hydrogens is 208 g/mol. The van der Waals surface area contributed by atoms with Gasteiger partial charge < -0.3 is 5.11 Å². The topological polar surface area (TPSA) is 36.4 Å². The van der Waals surface area contributed by atoms with E-state index in [9.17, 15) is 5.11 Å². The van der Waals surface area contributed by atoms with E-state index in [0.717, 1.165) is 25.9 Å². The molecule has 0 saturated carbocycles. The number of likely N-dealkylation sites (tertiary alicyclic amines) is 1. The fourth-order valence-electron chi connectivity index (χ4n) is 2.21. The Balaban J connectivity index is 1.85. The Bertz CT molecular complexity index is 313. The van der Waals surface area contributed by atoms with E-state index in [4.69, 9.17) is 0 Å². The Hall–Kier alpha value is -0.450. The summed E-state index contributed by atoms with van der Waals surface area (Å²) in [6.07, 6.45) is 3.46. The van der Waals surface area contributed by atoms with Gasteiger partial charge in [0.15, 0.2) is 0 Å². The fraction of sp³-hybridized carbons (Fsp3) is 0.727. The van der Waals surface area contributed by atoms with E-state index in [1.54, 1.807) is 11.3 Å². The minimum absolute atomic E-state index is 0.307. The zero-order valence-corrected chi connectivity index (χ0v) is 9.96. The summed E-state index contributed by atoms with van der Waals surface area (Å²) < 4.78 is 0. The van der Waals surface area contributed by atoms with Crippen LogP contribution in [0.3, 0.4) is 0 Å². The van der Waals surface area contributed by atoms with Gasteiger partial charge in [0.2, 0.25) is 0 Å². The molecule has 1 N–H and O–H groups in total. The molecule has 1 aliphatic rings. The van der Waals surface area contributed by atoms with Crippen LogP contribution in [0.2, 0.25) is 0 Å².